The molecule has 0 saturated heterocycles. The van der Waals surface area contributed by atoms with E-state index in [2.05, 4.69) is 17.4 Å². The summed E-state index contributed by atoms with van der Waals surface area (Å²) >= 11 is 0. The van der Waals surface area contributed by atoms with Crippen LogP contribution >= 0.6 is 0 Å². The molecule has 2 aliphatic rings. The third-order valence-electron chi connectivity index (χ3n) is 4.41. The van der Waals surface area contributed by atoms with Gasteiger partial charge < -0.3 is 0 Å². The van der Waals surface area contributed by atoms with Crippen LogP contribution in [0.1, 0.15) is 48.9 Å². The molecule has 0 radical (unpaired) electrons. The molecule has 19 heavy (non-hydrogen) atoms. The van der Waals surface area contributed by atoms with Crippen molar-refractivity contribution in [2.75, 3.05) is 0 Å². The minimum atomic E-state index is -4.14. The molecule has 1 atom stereocenters. The van der Waals surface area contributed by atoms with E-state index in [1.54, 1.807) is 0 Å². The van der Waals surface area contributed by atoms with E-state index in [9.17, 15) is 13.2 Å². The van der Waals surface area contributed by atoms with Crippen molar-refractivity contribution in [3.05, 3.63) is 34.9 Å². The van der Waals surface area contributed by atoms with Gasteiger partial charge in [-0.1, -0.05) is 18.2 Å². The summed E-state index contributed by atoms with van der Waals surface area (Å²) in [5.41, 5.74) is 2.00. The summed E-state index contributed by atoms with van der Waals surface area (Å²) in [6.45, 7) is 1.82. The molecule has 0 amide bonds. The molecule has 1 saturated carbocycles. The van der Waals surface area contributed by atoms with E-state index in [-0.39, 0.29) is 18.9 Å². The van der Waals surface area contributed by atoms with E-state index in [1.165, 1.54) is 11.1 Å². The van der Waals surface area contributed by atoms with E-state index in [0.29, 0.717) is 0 Å². The van der Waals surface area contributed by atoms with Crippen molar-refractivity contribution in [3.63, 3.8) is 0 Å². The predicted octanol–water partition coefficient (Wildman–Crippen LogP) is 3.92. The molecule has 1 unspecified atom stereocenters. The van der Waals surface area contributed by atoms with Crippen molar-refractivity contribution in [1.29, 1.82) is 0 Å². The maximum absolute atomic E-state index is 12.9. The lowest BCUT2D eigenvalue weighted by atomic mass is 10.0. The van der Waals surface area contributed by atoms with Crippen LogP contribution in [0.5, 0.6) is 0 Å². The second-order valence-corrected chi connectivity index (χ2v) is 5.83. The quantitative estimate of drug-likeness (QED) is 0.877. The average Bonchev–Trinajstić information content (AvgIpc) is 2.99. The van der Waals surface area contributed by atoms with Gasteiger partial charge in [0, 0.05) is 6.04 Å². The van der Waals surface area contributed by atoms with Gasteiger partial charge in [0.2, 0.25) is 0 Å². The highest BCUT2D eigenvalue weighted by molar-refractivity contribution is 5.36. The number of nitrogens with one attached hydrogen (secondary N) is 1. The second kappa shape index (κ2) is 4.23. The minimum Gasteiger partial charge on any atom is -0.297 e. The molecule has 4 heteroatoms. The summed E-state index contributed by atoms with van der Waals surface area (Å²) in [7, 11) is 0. The molecule has 0 spiro atoms. The number of hydrogen-bond acceptors (Lipinski definition) is 1. The Morgan fingerprint density at radius 2 is 1.84 bits per heavy atom. The van der Waals surface area contributed by atoms with Gasteiger partial charge in [-0.25, -0.2) is 0 Å². The van der Waals surface area contributed by atoms with Gasteiger partial charge in [-0.15, -0.1) is 0 Å². The standard InChI is InChI=1S/C15H18F3N/c1-10(19-14(7-8-14)15(16,17)18)12-6-5-11-3-2-4-13(11)9-12/h5-6,9-10,19H,2-4,7-8H2,1H3. The Morgan fingerprint density at radius 1 is 1.16 bits per heavy atom. The number of fused-ring (bicyclic) bond motifs is 1. The molecule has 0 aromatic heterocycles. The SMILES string of the molecule is CC(NC1(C(F)(F)F)CC1)c1ccc2c(c1)CCC2. The van der Waals surface area contributed by atoms with Gasteiger partial charge in [-0.2, -0.15) is 13.2 Å². The molecule has 1 fully saturated rings. The first-order valence-electron chi connectivity index (χ1n) is 6.87. The van der Waals surface area contributed by atoms with Crippen molar-refractivity contribution in [1.82, 2.24) is 5.32 Å². The van der Waals surface area contributed by atoms with Crippen LogP contribution in [-0.4, -0.2) is 11.7 Å². The fourth-order valence-electron chi connectivity index (χ4n) is 2.99. The summed E-state index contributed by atoms with van der Waals surface area (Å²) in [6.07, 6.45) is -0.424. The average molecular weight is 269 g/mol. The van der Waals surface area contributed by atoms with Gasteiger partial charge in [-0.3, -0.25) is 5.32 Å². The van der Waals surface area contributed by atoms with Crippen LogP contribution < -0.4 is 5.32 Å². The number of benzene rings is 1. The highest BCUT2D eigenvalue weighted by Gasteiger charge is 2.63. The van der Waals surface area contributed by atoms with Crippen molar-refractivity contribution >= 4 is 0 Å². The monoisotopic (exact) mass is 269 g/mol. The second-order valence-electron chi connectivity index (χ2n) is 5.83. The summed E-state index contributed by atoms with van der Waals surface area (Å²) in [4.78, 5) is 0. The fraction of sp³-hybridized carbons (Fsp3) is 0.600. The van der Waals surface area contributed by atoms with Crippen molar-refractivity contribution in [2.24, 2.45) is 0 Å². The Balaban J connectivity index is 1.76. The van der Waals surface area contributed by atoms with Gasteiger partial charge in [-0.05, 0) is 55.7 Å². The maximum Gasteiger partial charge on any atom is 0.406 e. The van der Waals surface area contributed by atoms with Crippen molar-refractivity contribution in [3.8, 4) is 0 Å². The molecule has 0 aliphatic heterocycles. The van der Waals surface area contributed by atoms with Crippen LogP contribution in [0.4, 0.5) is 13.2 Å². The largest absolute Gasteiger partial charge is 0.406 e. The van der Waals surface area contributed by atoms with Crippen LogP contribution in [0.2, 0.25) is 0 Å². The van der Waals surface area contributed by atoms with Gasteiger partial charge in [0.25, 0.3) is 0 Å². The normalized spacial score (nSPS) is 22.1. The summed E-state index contributed by atoms with van der Waals surface area (Å²) in [6, 6.07) is 5.86. The smallest absolute Gasteiger partial charge is 0.297 e. The lowest BCUT2D eigenvalue weighted by Gasteiger charge is -2.25. The Morgan fingerprint density at radius 3 is 2.47 bits per heavy atom. The Labute approximate surface area is 111 Å². The molecule has 3 rings (SSSR count). The first-order valence-corrected chi connectivity index (χ1v) is 6.87. The zero-order valence-corrected chi connectivity index (χ0v) is 11.0. The third-order valence-corrected chi connectivity index (χ3v) is 4.41. The van der Waals surface area contributed by atoms with Crippen molar-refractivity contribution < 1.29 is 13.2 Å². The molecule has 1 aromatic rings. The topological polar surface area (TPSA) is 12.0 Å². The van der Waals surface area contributed by atoms with E-state index in [0.717, 1.165) is 24.8 Å². The Hall–Kier alpha value is -1.03. The van der Waals surface area contributed by atoms with Crippen LogP contribution in [0.15, 0.2) is 18.2 Å². The number of halogens is 3. The third kappa shape index (κ3) is 2.27. The highest BCUT2D eigenvalue weighted by atomic mass is 19.4. The zero-order chi connectivity index (χ0) is 13.7. The van der Waals surface area contributed by atoms with Crippen molar-refractivity contribution in [2.45, 2.75) is 56.8 Å². The van der Waals surface area contributed by atoms with Gasteiger partial charge in [0.1, 0.15) is 5.54 Å². The first-order chi connectivity index (χ1) is 8.91. The number of rotatable bonds is 3. The molecule has 0 heterocycles. The lowest BCUT2D eigenvalue weighted by Crippen LogP contribution is -2.45. The van der Waals surface area contributed by atoms with E-state index in [1.807, 2.05) is 13.0 Å². The lowest BCUT2D eigenvalue weighted by molar-refractivity contribution is -0.167. The summed E-state index contributed by atoms with van der Waals surface area (Å²) in [5.74, 6) is 0. The number of hydrogen-bond donors (Lipinski definition) is 1. The molecular formula is C15H18F3N. The zero-order valence-electron chi connectivity index (χ0n) is 11.0. The molecule has 1 aromatic carbocycles. The summed E-state index contributed by atoms with van der Waals surface area (Å²) < 4.78 is 38.8. The molecule has 0 bridgehead atoms. The molecular weight excluding hydrogens is 251 g/mol. The molecule has 104 valence electrons. The Bertz CT molecular complexity index is 489. The molecule has 2 aliphatic carbocycles. The van der Waals surface area contributed by atoms with E-state index in [4.69, 9.17) is 0 Å². The van der Waals surface area contributed by atoms with Gasteiger partial charge >= 0.3 is 6.18 Å². The van der Waals surface area contributed by atoms with E-state index >= 15 is 0 Å². The van der Waals surface area contributed by atoms with Crippen LogP contribution in [0, 0.1) is 0 Å². The van der Waals surface area contributed by atoms with Gasteiger partial charge in [0.15, 0.2) is 0 Å². The van der Waals surface area contributed by atoms with Crippen LogP contribution in [0.3, 0.4) is 0 Å². The van der Waals surface area contributed by atoms with E-state index < -0.39 is 11.7 Å². The molecule has 1 N–H and O–H groups in total. The van der Waals surface area contributed by atoms with Crippen LogP contribution in [-0.2, 0) is 12.8 Å². The molecule has 1 nitrogen and oxygen atoms in total. The summed E-state index contributed by atoms with van der Waals surface area (Å²) in [5, 5.41) is 2.79. The predicted molar refractivity (Wildman–Crippen MR) is 68.0 cm³/mol. The van der Waals surface area contributed by atoms with Gasteiger partial charge in [0.05, 0.1) is 0 Å². The number of aryl methyl sites for hydroxylation is 2. The maximum atomic E-state index is 12.9. The number of alkyl halides is 3. The fourth-order valence-corrected chi connectivity index (χ4v) is 2.99. The highest BCUT2D eigenvalue weighted by Crippen LogP contribution is 2.50. The Kier molecular flexibility index (Phi) is 2.89. The van der Waals surface area contributed by atoms with Crippen LogP contribution in [0.25, 0.3) is 0 Å². The minimum absolute atomic E-state index is 0.200. The first kappa shape index (κ1) is 13.0.